The lowest BCUT2D eigenvalue weighted by atomic mass is 9.58. The number of hydrogen-bond donors (Lipinski definition) is 1. The average molecular weight is 259 g/mol. The van der Waals surface area contributed by atoms with Crippen molar-refractivity contribution in [2.24, 2.45) is 11.8 Å². The maximum Gasteiger partial charge on any atom is 0.137 e. The van der Waals surface area contributed by atoms with Gasteiger partial charge in [-0.1, -0.05) is 25.7 Å². The van der Waals surface area contributed by atoms with Crippen LogP contribution in [0.2, 0.25) is 0 Å². The van der Waals surface area contributed by atoms with Gasteiger partial charge in [0.15, 0.2) is 0 Å². The molecule has 0 bridgehead atoms. The van der Waals surface area contributed by atoms with Crippen molar-refractivity contribution in [2.75, 3.05) is 0 Å². The lowest BCUT2D eigenvalue weighted by Crippen LogP contribution is -2.69. The first-order valence-electron chi connectivity index (χ1n) is 7.51. The van der Waals surface area contributed by atoms with Crippen LogP contribution >= 0.6 is 0 Å². The second-order valence-corrected chi connectivity index (χ2v) is 6.51. The van der Waals surface area contributed by atoms with E-state index in [1.807, 2.05) is 0 Å². The lowest BCUT2D eigenvalue weighted by Gasteiger charge is -2.58. The van der Waals surface area contributed by atoms with E-state index in [0.29, 0.717) is 12.8 Å². The molecule has 0 aromatic rings. The largest absolute Gasteiger partial charge is 0.311 e. The first-order chi connectivity index (χ1) is 9.19. The molecule has 0 spiro atoms. The molecule has 3 fully saturated rings. The summed E-state index contributed by atoms with van der Waals surface area (Å²) in [6.07, 6.45) is 8.65. The fourth-order valence-corrected chi connectivity index (χ4v) is 4.73. The van der Waals surface area contributed by atoms with Gasteiger partial charge in [-0.2, -0.15) is 15.6 Å². The molecular weight excluding hydrogens is 238 g/mol. The zero-order valence-electron chi connectivity index (χ0n) is 11.3. The molecule has 1 heterocycles. The highest BCUT2D eigenvalue weighted by Gasteiger charge is 2.62. The second kappa shape index (κ2) is 4.47. The molecular formula is C15H21N3O. The van der Waals surface area contributed by atoms with Crippen LogP contribution in [-0.2, 0) is 0 Å². The Morgan fingerprint density at radius 1 is 0.895 bits per heavy atom. The number of hydrogen-bond acceptors (Lipinski definition) is 4. The predicted octanol–water partition coefficient (Wildman–Crippen LogP) is 2.99. The van der Waals surface area contributed by atoms with Gasteiger partial charge in [-0.25, -0.2) is 0 Å². The molecule has 1 aliphatic heterocycles. The lowest BCUT2D eigenvalue weighted by molar-refractivity contribution is -0.275. The number of fused-ring (bicyclic) bond motifs is 2. The van der Waals surface area contributed by atoms with Gasteiger partial charge in [0.25, 0.3) is 0 Å². The molecule has 1 N–H and O–H groups in total. The molecule has 0 amide bonds. The third kappa shape index (κ3) is 1.57. The van der Waals surface area contributed by atoms with Crippen LogP contribution < -0.4 is 0 Å². The molecule has 0 radical (unpaired) electrons. The Labute approximate surface area is 114 Å². The fourth-order valence-electron chi connectivity index (χ4n) is 4.73. The van der Waals surface area contributed by atoms with Crippen molar-refractivity contribution in [3.05, 3.63) is 0 Å². The van der Waals surface area contributed by atoms with Crippen molar-refractivity contribution < 1.29 is 5.21 Å². The van der Waals surface area contributed by atoms with Crippen molar-refractivity contribution in [3.63, 3.8) is 0 Å². The first kappa shape index (κ1) is 12.9. The van der Waals surface area contributed by atoms with Gasteiger partial charge in [-0.15, -0.1) is 0 Å². The molecule has 102 valence electrons. The van der Waals surface area contributed by atoms with Crippen molar-refractivity contribution in [1.82, 2.24) is 5.06 Å². The van der Waals surface area contributed by atoms with Crippen LogP contribution in [0.4, 0.5) is 0 Å². The highest BCUT2D eigenvalue weighted by atomic mass is 16.5. The van der Waals surface area contributed by atoms with Crippen LogP contribution in [0.5, 0.6) is 0 Å². The molecule has 4 nitrogen and oxygen atoms in total. The van der Waals surface area contributed by atoms with Gasteiger partial charge in [0.1, 0.15) is 11.1 Å². The number of hydroxylamine groups is 2. The maximum absolute atomic E-state index is 10.8. The van der Waals surface area contributed by atoms with Gasteiger partial charge in [0.2, 0.25) is 0 Å². The molecule has 2 saturated carbocycles. The quantitative estimate of drug-likeness (QED) is 0.726. The van der Waals surface area contributed by atoms with Gasteiger partial charge in [-0.3, -0.25) is 0 Å². The number of nitrogens with zero attached hydrogens (tertiary/aromatic N) is 3. The van der Waals surface area contributed by atoms with E-state index in [9.17, 15) is 15.7 Å². The summed E-state index contributed by atoms with van der Waals surface area (Å²) in [6, 6.07) is 4.77. The summed E-state index contributed by atoms with van der Waals surface area (Å²) in [6.45, 7) is 0. The minimum Gasteiger partial charge on any atom is -0.311 e. The summed E-state index contributed by atoms with van der Waals surface area (Å²) in [5.41, 5.74) is -1.61. The standard InChI is InChI=1S/C15H21N3O/c16-10-14-7-3-1-5-12(14)9-13-6-2-4-8-15(13,11-17)18(14)19/h12-13,19H,1-9H2/t12-,13+,14-,15-/m0/s1. The van der Waals surface area contributed by atoms with Crippen LogP contribution in [0.25, 0.3) is 0 Å². The summed E-state index contributed by atoms with van der Waals surface area (Å²) < 4.78 is 0. The third-order valence-corrected chi connectivity index (χ3v) is 5.78. The summed E-state index contributed by atoms with van der Waals surface area (Å²) in [4.78, 5) is 0. The predicted molar refractivity (Wildman–Crippen MR) is 68.8 cm³/mol. The molecule has 3 rings (SSSR count). The van der Waals surface area contributed by atoms with Gasteiger partial charge in [0, 0.05) is 0 Å². The molecule has 2 aliphatic carbocycles. The Balaban J connectivity index is 2.04. The summed E-state index contributed by atoms with van der Waals surface area (Å²) in [5.74, 6) is 0.474. The molecule has 0 aromatic carbocycles. The minimum absolute atomic E-state index is 0.237. The molecule has 0 unspecified atom stereocenters. The van der Waals surface area contributed by atoms with Crippen LogP contribution in [-0.4, -0.2) is 21.3 Å². The number of piperidine rings is 1. The highest BCUT2D eigenvalue weighted by molar-refractivity contribution is 5.25. The Kier molecular flexibility index (Phi) is 3.04. The molecule has 19 heavy (non-hydrogen) atoms. The van der Waals surface area contributed by atoms with E-state index in [-0.39, 0.29) is 11.8 Å². The Morgan fingerprint density at radius 3 is 1.79 bits per heavy atom. The Morgan fingerprint density at radius 2 is 1.37 bits per heavy atom. The molecule has 3 aliphatic rings. The fraction of sp³-hybridized carbons (Fsp3) is 0.867. The Bertz CT molecular complexity index is 411. The summed E-state index contributed by atoms with van der Waals surface area (Å²) >= 11 is 0. The molecule has 1 saturated heterocycles. The van der Waals surface area contributed by atoms with Crippen molar-refractivity contribution in [1.29, 1.82) is 10.5 Å². The zero-order valence-corrected chi connectivity index (χ0v) is 11.3. The van der Waals surface area contributed by atoms with Gasteiger partial charge >= 0.3 is 0 Å². The number of rotatable bonds is 0. The molecule has 0 aromatic heterocycles. The van der Waals surface area contributed by atoms with E-state index in [4.69, 9.17) is 0 Å². The molecule has 4 heteroatoms. The van der Waals surface area contributed by atoms with E-state index in [1.165, 1.54) is 5.06 Å². The second-order valence-electron chi connectivity index (χ2n) is 6.51. The zero-order chi connectivity index (χ0) is 13.5. The van der Waals surface area contributed by atoms with Crippen LogP contribution in [0.1, 0.15) is 57.8 Å². The summed E-state index contributed by atoms with van der Waals surface area (Å²) in [7, 11) is 0. The topological polar surface area (TPSA) is 71.0 Å². The monoisotopic (exact) mass is 259 g/mol. The van der Waals surface area contributed by atoms with Crippen molar-refractivity contribution in [3.8, 4) is 12.1 Å². The Hall–Kier alpha value is -1.10. The van der Waals surface area contributed by atoms with E-state index < -0.39 is 11.1 Å². The van der Waals surface area contributed by atoms with Crippen LogP contribution in [0.15, 0.2) is 0 Å². The van der Waals surface area contributed by atoms with Gasteiger partial charge in [-0.05, 0) is 43.9 Å². The number of nitriles is 2. The van der Waals surface area contributed by atoms with Crippen molar-refractivity contribution >= 4 is 0 Å². The maximum atomic E-state index is 10.8. The van der Waals surface area contributed by atoms with E-state index in [0.717, 1.165) is 44.9 Å². The third-order valence-electron chi connectivity index (χ3n) is 5.78. The van der Waals surface area contributed by atoms with E-state index >= 15 is 0 Å². The first-order valence-corrected chi connectivity index (χ1v) is 7.51. The minimum atomic E-state index is -0.804. The highest BCUT2D eigenvalue weighted by Crippen LogP contribution is 2.54. The van der Waals surface area contributed by atoms with Gasteiger partial charge in [0.05, 0.1) is 12.1 Å². The van der Waals surface area contributed by atoms with E-state index in [2.05, 4.69) is 12.1 Å². The van der Waals surface area contributed by atoms with Gasteiger partial charge < -0.3 is 5.21 Å². The SMILES string of the molecule is N#C[C@@]12CCCC[C@@H]1C[C@@H]1CCCC[C@@]1(C#N)N2O. The van der Waals surface area contributed by atoms with Crippen molar-refractivity contribution in [2.45, 2.75) is 68.9 Å². The summed E-state index contributed by atoms with van der Waals surface area (Å²) in [5, 5.41) is 31.4. The van der Waals surface area contributed by atoms with Crippen LogP contribution in [0.3, 0.4) is 0 Å². The molecule has 4 atom stereocenters. The smallest absolute Gasteiger partial charge is 0.137 e. The van der Waals surface area contributed by atoms with Crippen LogP contribution in [0, 0.1) is 34.5 Å². The average Bonchev–Trinajstić information content (AvgIpc) is 2.48. The van der Waals surface area contributed by atoms with E-state index in [1.54, 1.807) is 0 Å². The normalized spacial score (nSPS) is 46.5.